The number of hydrogen-bond acceptors (Lipinski definition) is 3. The Kier molecular flexibility index (Phi) is 3.56. The first-order valence-corrected chi connectivity index (χ1v) is 4.67. The van der Waals surface area contributed by atoms with E-state index in [-0.39, 0.29) is 18.0 Å². The summed E-state index contributed by atoms with van der Waals surface area (Å²) in [6.07, 6.45) is 4.47. The molecule has 0 saturated carbocycles. The van der Waals surface area contributed by atoms with Crippen LogP contribution in [0.4, 0.5) is 0 Å². The maximum atomic E-state index is 11.5. The largest absolute Gasteiger partial charge is 0.332 e. The van der Waals surface area contributed by atoms with Crippen LogP contribution in [0, 0.1) is 0 Å². The first kappa shape index (κ1) is 10.6. The molecule has 0 N–H and O–H groups in total. The highest BCUT2D eigenvalue weighted by molar-refractivity contribution is 6.06. The van der Waals surface area contributed by atoms with E-state index in [2.05, 4.69) is 4.98 Å². The third-order valence-electron chi connectivity index (χ3n) is 1.96. The molecule has 0 aliphatic rings. The number of Topliss-reactive ketones (excluding diaryl/α,β-unsaturated/α-hetero) is 2. The summed E-state index contributed by atoms with van der Waals surface area (Å²) in [6, 6.07) is 0. The molecule has 1 rings (SSSR count). The second kappa shape index (κ2) is 4.69. The Bertz CT molecular complexity index is 342. The average Bonchev–Trinajstić information content (AvgIpc) is 2.51. The molecule has 1 heterocycles. The normalized spacial score (nSPS) is 10.1. The molecule has 0 spiro atoms. The number of hydrogen-bond donors (Lipinski definition) is 0. The van der Waals surface area contributed by atoms with Crippen LogP contribution in [-0.2, 0) is 11.8 Å². The molecule has 0 aromatic carbocycles. The Labute approximate surface area is 82.9 Å². The van der Waals surface area contributed by atoms with Gasteiger partial charge in [-0.05, 0) is 6.42 Å². The molecule has 0 radical (unpaired) electrons. The quantitative estimate of drug-likeness (QED) is 0.525. The van der Waals surface area contributed by atoms with Gasteiger partial charge >= 0.3 is 0 Å². The van der Waals surface area contributed by atoms with Crippen molar-refractivity contribution in [2.75, 3.05) is 0 Å². The highest BCUT2D eigenvalue weighted by atomic mass is 16.1. The van der Waals surface area contributed by atoms with Crippen molar-refractivity contribution >= 4 is 11.6 Å². The van der Waals surface area contributed by atoms with Crippen LogP contribution < -0.4 is 0 Å². The van der Waals surface area contributed by atoms with E-state index in [1.165, 1.54) is 0 Å². The van der Waals surface area contributed by atoms with Gasteiger partial charge in [-0.2, -0.15) is 0 Å². The molecule has 0 aliphatic carbocycles. The van der Waals surface area contributed by atoms with Gasteiger partial charge in [-0.15, -0.1) is 0 Å². The van der Waals surface area contributed by atoms with Gasteiger partial charge in [-0.1, -0.05) is 6.92 Å². The predicted molar refractivity (Wildman–Crippen MR) is 52.1 cm³/mol. The van der Waals surface area contributed by atoms with E-state index in [0.29, 0.717) is 12.2 Å². The van der Waals surface area contributed by atoms with Crippen molar-refractivity contribution in [3.05, 3.63) is 18.2 Å². The zero-order valence-corrected chi connectivity index (χ0v) is 8.49. The lowest BCUT2D eigenvalue weighted by atomic mass is 10.1. The fourth-order valence-corrected chi connectivity index (χ4v) is 1.26. The minimum atomic E-state index is -0.198. The zero-order valence-electron chi connectivity index (χ0n) is 8.49. The Morgan fingerprint density at radius 2 is 2.21 bits per heavy atom. The Balaban J connectivity index is 2.59. The third-order valence-corrected chi connectivity index (χ3v) is 1.96. The van der Waals surface area contributed by atoms with Gasteiger partial charge in [0.05, 0.1) is 6.42 Å². The van der Waals surface area contributed by atoms with Crippen molar-refractivity contribution in [2.45, 2.75) is 26.2 Å². The second-order valence-corrected chi connectivity index (χ2v) is 3.25. The van der Waals surface area contributed by atoms with Gasteiger partial charge in [-0.3, -0.25) is 9.59 Å². The van der Waals surface area contributed by atoms with Gasteiger partial charge in [0.25, 0.3) is 0 Å². The molecule has 76 valence electrons. The summed E-state index contributed by atoms with van der Waals surface area (Å²) in [5.41, 5.74) is 0. The molecule has 0 saturated heterocycles. The summed E-state index contributed by atoms with van der Waals surface area (Å²) >= 11 is 0. The van der Waals surface area contributed by atoms with E-state index < -0.39 is 0 Å². The number of aromatic nitrogens is 2. The number of carbonyl (C=O) groups excluding carboxylic acids is 2. The smallest absolute Gasteiger partial charge is 0.205 e. The van der Waals surface area contributed by atoms with Crippen LogP contribution in [0.3, 0.4) is 0 Å². The maximum Gasteiger partial charge on any atom is 0.205 e. The van der Waals surface area contributed by atoms with Crippen molar-refractivity contribution in [1.82, 2.24) is 9.55 Å². The molecule has 0 bridgehead atoms. The summed E-state index contributed by atoms with van der Waals surface area (Å²) in [5.74, 6) is 0.144. The predicted octanol–water partition coefficient (Wildman–Crippen LogP) is 1.36. The molecule has 4 heteroatoms. The lowest BCUT2D eigenvalue weighted by Crippen LogP contribution is -2.12. The van der Waals surface area contributed by atoms with Gasteiger partial charge in [0.2, 0.25) is 5.78 Å². The van der Waals surface area contributed by atoms with Gasteiger partial charge < -0.3 is 4.57 Å². The number of imidazole rings is 1. The van der Waals surface area contributed by atoms with Crippen molar-refractivity contribution in [1.29, 1.82) is 0 Å². The van der Waals surface area contributed by atoms with E-state index in [0.717, 1.165) is 6.42 Å². The summed E-state index contributed by atoms with van der Waals surface area (Å²) < 4.78 is 1.63. The van der Waals surface area contributed by atoms with Crippen molar-refractivity contribution in [3.63, 3.8) is 0 Å². The number of nitrogens with zero attached hydrogens (tertiary/aromatic N) is 2. The highest BCUT2D eigenvalue weighted by Gasteiger charge is 2.14. The van der Waals surface area contributed by atoms with Gasteiger partial charge in [0.15, 0.2) is 5.82 Å². The monoisotopic (exact) mass is 194 g/mol. The van der Waals surface area contributed by atoms with Crippen molar-refractivity contribution in [3.8, 4) is 0 Å². The topological polar surface area (TPSA) is 52.0 Å². The fourth-order valence-electron chi connectivity index (χ4n) is 1.26. The molecule has 0 unspecified atom stereocenters. The number of rotatable bonds is 5. The van der Waals surface area contributed by atoms with E-state index in [9.17, 15) is 9.59 Å². The molecular formula is C10H14N2O2. The molecule has 0 atom stereocenters. The molecule has 1 aromatic rings. The second-order valence-electron chi connectivity index (χ2n) is 3.25. The van der Waals surface area contributed by atoms with Crippen LogP contribution in [0.25, 0.3) is 0 Å². The molecule has 0 fully saturated rings. The Morgan fingerprint density at radius 3 is 2.71 bits per heavy atom. The summed E-state index contributed by atoms with van der Waals surface area (Å²) in [5, 5.41) is 0. The zero-order chi connectivity index (χ0) is 10.6. The maximum absolute atomic E-state index is 11.5. The lowest BCUT2D eigenvalue weighted by molar-refractivity contribution is -0.118. The number of aryl methyl sites for hydroxylation is 1. The summed E-state index contributed by atoms with van der Waals surface area (Å²) in [6.45, 7) is 1.92. The van der Waals surface area contributed by atoms with Crippen LogP contribution in [0.2, 0.25) is 0 Å². The van der Waals surface area contributed by atoms with Gasteiger partial charge in [-0.25, -0.2) is 4.98 Å². The lowest BCUT2D eigenvalue weighted by Gasteiger charge is -1.99. The minimum Gasteiger partial charge on any atom is -0.332 e. The van der Waals surface area contributed by atoms with E-state index in [1.807, 2.05) is 6.92 Å². The van der Waals surface area contributed by atoms with Crippen LogP contribution in [0.1, 0.15) is 36.8 Å². The van der Waals surface area contributed by atoms with Crippen LogP contribution in [-0.4, -0.2) is 21.1 Å². The molecular weight excluding hydrogens is 180 g/mol. The number of ketones is 2. The van der Waals surface area contributed by atoms with Gasteiger partial charge in [0.1, 0.15) is 5.78 Å². The van der Waals surface area contributed by atoms with E-state index in [4.69, 9.17) is 0 Å². The van der Waals surface area contributed by atoms with Gasteiger partial charge in [0, 0.05) is 25.9 Å². The SMILES string of the molecule is CCCC(=O)CC(=O)c1nccn1C. The minimum absolute atomic E-state index is 0.0134. The fraction of sp³-hybridized carbons (Fsp3) is 0.500. The first-order chi connectivity index (χ1) is 6.65. The molecule has 1 aromatic heterocycles. The summed E-state index contributed by atoms with van der Waals surface area (Å²) in [4.78, 5) is 26.6. The molecule has 14 heavy (non-hydrogen) atoms. The summed E-state index contributed by atoms with van der Waals surface area (Å²) in [7, 11) is 1.74. The first-order valence-electron chi connectivity index (χ1n) is 4.67. The van der Waals surface area contributed by atoms with Crippen molar-refractivity contribution in [2.24, 2.45) is 7.05 Å². The third kappa shape index (κ3) is 2.52. The Hall–Kier alpha value is -1.45. The number of carbonyl (C=O) groups is 2. The van der Waals surface area contributed by atoms with E-state index in [1.54, 1.807) is 24.0 Å². The van der Waals surface area contributed by atoms with Crippen molar-refractivity contribution < 1.29 is 9.59 Å². The molecule has 0 aliphatic heterocycles. The van der Waals surface area contributed by atoms with E-state index >= 15 is 0 Å². The highest BCUT2D eigenvalue weighted by Crippen LogP contribution is 2.02. The van der Waals surface area contributed by atoms with Crippen LogP contribution in [0.15, 0.2) is 12.4 Å². The average molecular weight is 194 g/mol. The van der Waals surface area contributed by atoms with Crippen LogP contribution in [0.5, 0.6) is 0 Å². The molecule has 0 amide bonds. The van der Waals surface area contributed by atoms with Crippen LogP contribution >= 0.6 is 0 Å². The standard InChI is InChI=1S/C10H14N2O2/c1-3-4-8(13)7-9(14)10-11-5-6-12(10)2/h5-6H,3-4,7H2,1-2H3. The Morgan fingerprint density at radius 1 is 1.50 bits per heavy atom. The molecule has 4 nitrogen and oxygen atoms in total.